The van der Waals surface area contributed by atoms with Crippen molar-refractivity contribution < 1.29 is 4.39 Å². The van der Waals surface area contributed by atoms with Gasteiger partial charge < -0.3 is 9.55 Å². The highest BCUT2D eigenvalue weighted by Gasteiger charge is 2.13. The Bertz CT molecular complexity index is 774. The average Bonchev–Trinajstić information content (AvgIpc) is 2.74. The number of aromatic amines is 1. The maximum atomic E-state index is 13.2. The van der Waals surface area contributed by atoms with Crippen molar-refractivity contribution in [1.82, 2.24) is 9.55 Å². The van der Waals surface area contributed by atoms with Crippen molar-refractivity contribution >= 4 is 23.3 Å². The molecule has 2 aromatic carbocycles. The van der Waals surface area contributed by atoms with Crippen LogP contribution in [0.4, 0.5) is 4.39 Å². The predicted molar refractivity (Wildman–Crippen MR) is 77.3 cm³/mol. The second kappa shape index (κ2) is 4.63. The third-order valence-electron chi connectivity index (χ3n) is 3.35. The van der Waals surface area contributed by atoms with Crippen molar-refractivity contribution in [2.24, 2.45) is 0 Å². The molecule has 19 heavy (non-hydrogen) atoms. The molecular weight excluding hydrogens is 259 g/mol. The van der Waals surface area contributed by atoms with Crippen LogP contribution in [0.3, 0.4) is 0 Å². The van der Waals surface area contributed by atoms with Crippen LogP contribution >= 0.6 is 12.2 Å². The molecule has 0 aliphatic heterocycles. The van der Waals surface area contributed by atoms with Gasteiger partial charge in [0.1, 0.15) is 5.82 Å². The highest BCUT2D eigenvalue weighted by molar-refractivity contribution is 7.71. The molecule has 1 N–H and O–H groups in total. The summed E-state index contributed by atoms with van der Waals surface area (Å²) >= 11 is 5.36. The summed E-state index contributed by atoms with van der Waals surface area (Å²) in [5.41, 5.74) is 2.82. The van der Waals surface area contributed by atoms with Gasteiger partial charge in [0.25, 0.3) is 0 Å². The molecule has 0 aliphatic carbocycles. The molecular formula is C15H13FN2S. The largest absolute Gasteiger partial charge is 0.330 e. The summed E-state index contributed by atoms with van der Waals surface area (Å²) in [6.45, 7) is 2.09. The monoisotopic (exact) mass is 272 g/mol. The summed E-state index contributed by atoms with van der Waals surface area (Å²) in [6, 6.07) is 14.9. The molecule has 1 atom stereocenters. The zero-order valence-electron chi connectivity index (χ0n) is 10.4. The fourth-order valence-corrected chi connectivity index (χ4v) is 2.73. The van der Waals surface area contributed by atoms with Crippen LogP contribution in [0.5, 0.6) is 0 Å². The van der Waals surface area contributed by atoms with E-state index in [1.807, 2.05) is 22.8 Å². The Hall–Kier alpha value is -1.94. The van der Waals surface area contributed by atoms with Gasteiger partial charge in [-0.3, -0.25) is 0 Å². The van der Waals surface area contributed by atoms with Gasteiger partial charge >= 0.3 is 0 Å². The average molecular weight is 272 g/mol. The van der Waals surface area contributed by atoms with Crippen molar-refractivity contribution in [3.8, 4) is 0 Å². The third kappa shape index (κ3) is 2.08. The molecule has 1 aromatic heterocycles. The molecule has 0 aliphatic rings. The van der Waals surface area contributed by atoms with Crippen LogP contribution in [-0.2, 0) is 0 Å². The first-order chi connectivity index (χ1) is 9.16. The number of aromatic nitrogens is 2. The van der Waals surface area contributed by atoms with E-state index in [0.29, 0.717) is 4.77 Å². The smallest absolute Gasteiger partial charge is 0.178 e. The second-order valence-corrected chi connectivity index (χ2v) is 4.93. The fraction of sp³-hybridized carbons (Fsp3) is 0.133. The van der Waals surface area contributed by atoms with Crippen LogP contribution in [0.1, 0.15) is 18.5 Å². The van der Waals surface area contributed by atoms with E-state index in [9.17, 15) is 4.39 Å². The Morgan fingerprint density at radius 3 is 2.63 bits per heavy atom. The molecule has 1 heterocycles. The van der Waals surface area contributed by atoms with E-state index in [4.69, 9.17) is 12.2 Å². The predicted octanol–water partition coefficient (Wildman–Crippen LogP) is 4.45. The Morgan fingerprint density at radius 2 is 1.89 bits per heavy atom. The lowest BCUT2D eigenvalue weighted by molar-refractivity contribution is 0.628. The van der Waals surface area contributed by atoms with Gasteiger partial charge in [0.15, 0.2) is 4.77 Å². The molecule has 0 fully saturated rings. The van der Waals surface area contributed by atoms with Crippen LogP contribution in [0.25, 0.3) is 11.0 Å². The maximum absolute atomic E-state index is 13.2. The van der Waals surface area contributed by atoms with E-state index in [-0.39, 0.29) is 11.9 Å². The molecule has 0 radical (unpaired) electrons. The van der Waals surface area contributed by atoms with Gasteiger partial charge in [-0.25, -0.2) is 4.39 Å². The molecule has 2 nitrogen and oxygen atoms in total. The van der Waals surface area contributed by atoms with Crippen LogP contribution in [0, 0.1) is 10.6 Å². The minimum atomic E-state index is -0.261. The highest BCUT2D eigenvalue weighted by Crippen LogP contribution is 2.24. The summed E-state index contributed by atoms with van der Waals surface area (Å²) in [5.74, 6) is -0.261. The van der Waals surface area contributed by atoms with Crippen LogP contribution in [0.2, 0.25) is 0 Å². The van der Waals surface area contributed by atoms with Crippen LogP contribution in [0.15, 0.2) is 48.5 Å². The minimum absolute atomic E-state index is 0.105. The number of rotatable bonds is 2. The Balaban J connectivity index is 2.20. The van der Waals surface area contributed by atoms with E-state index in [2.05, 4.69) is 24.0 Å². The molecule has 0 spiro atoms. The quantitative estimate of drug-likeness (QED) is 0.684. The van der Waals surface area contributed by atoms with Crippen molar-refractivity contribution in [1.29, 1.82) is 0 Å². The minimum Gasteiger partial charge on any atom is -0.330 e. The highest BCUT2D eigenvalue weighted by atomic mass is 32.1. The molecule has 96 valence electrons. The Labute approximate surface area is 115 Å². The van der Waals surface area contributed by atoms with E-state index >= 15 is 0 Å². The van der Waals surface area contributed by atoms with Crippen LogP contribution < -0.4 is 0 Å². The molecule has 0 saturated carbocycles. The van der Waals surface area contributed by atoms with Gasteiger partial charge in [-0.05, 0) is 42.9 Å². The Morgan fingerprint density at radius 1 is 1.16 bits per heavy atom. The fourth-order valence-electron chi connectivity index (χ4n) is 2.37. The van der Waals surface area contributed by atoms with Crippen molar-refractivity contribution in [2.45, 2.75) is 13.0 Å². The molecule has 0 saturated heterocycles. The standard InChI is InChI=1S/C15H13FN2S/c1-10(11-5-3-2-4-6-11)18-14-8-7-12(16)9-13(14)17-15(18)19/h2-10H,1H3,(H,17,19). The first-order valence-electron chi connectivity index (χ1n) is 6.11. The van der Waals surface area contributed by atoms with Crippen molar-refractivity contribution in [2.75, 3.05) is 0 Å². The topological polar surface area (TPSA) is 20.7 Å². The lowest BCUT2D eigenvalue weighted by atomic mass is 10.1. The zero-order chi connectivity index (χ0) is 13.4. The third-order valence-corrected chi connectivity index (χ3v) is 3.65. The maximum Gasteiger partial charge on any atom is 0.178 e. The van der Waals surface area contributed by atoms with Gasteiger partial charge in [-0.15, -0.1) is 0 Å². The lowest BCUT2D eigenvalue weighted by Gasteiger charge is -2.15. The first-order valence-corrected chi connectivity index (χ1v) is 6.52. The van der Waals surface area contributed by atoms with Crippen molar-refractivity contribution in [3.63, 3.8) is 0 Å². The number of benzene rings is 2. The summed E-state index contributed by atoms with van der Waals surface area (Å²) in [4.78, 5) is 3.06. The lowest BCUT2D eigenvalue weighted by Crippen LogP contribution is -2.06. The van der Waals surface area contributed by atoms with E-state index < -0.39 is 0 Å². The summed E-state index contributed by atoms with van der Waals surface area (Å²) in [5, 5.41) is 0. The summed E-state index contributed by atoms with van der Waals surface area (Å²) in [6.07, 6.45) is 0. The van der Waals surface area contributed by atoms with E-state index in [1.165, 1.54) is 17.7 Å². The van der Waals surface area contributed by atoms with Gasteiger partial charge in [-0.2, -0.15) is 0 Å². The first kappa shape index (κ1) is 12.1. The van der Waals surface area contributed by atoms with Crippen molar-refractivity contribution in [3.05, 3.63) is 64.7 Å². The number of H-pyrrole nitrogens is 1. The molecule has 3 aromatic rings. The number of hydrogen-bond acceptors (Lipinski definition) is 1. The van der Waals surface area contributed by atoms with Gasteiger partial charge in [0, 0.05) is 0 Å². The van der Waals surface area contributed by atoms with E-state index in [1.54, 1.807) is 6.07 Å². The number of nitrogens with one attached hydrogen (secondary N) is 1. The summed E-state index contributed by atoms with van der Waals surface area (Å²) in [7, 11) is 0. The molecule has 3 rings (SSSR count). The SMILES string of the molecule is CC(c1ccccc1)n1c(=S)[nH]c2cc(F)ccc21. The van der Waals surface area contributed by atoms with Gasteiger partial charge in [-0.1, -0.05) is 30.3 Å². The van der Waals surface area contributed by atoms with Crippen LogP contribution in [-0.4, -0.2) is 9.55 Å². The molecule has 1 unspecified atom stereocenters. The molecule has 4 heteroatoms. The number of fused-ring (bicyclic) bond motifs is 1. The normalized spacial score (nSPS) is 12.7. The molecule has 0 amide bonds. The number of imidazole rings is 1. The van der Waals surface area contributed by atoms with Gasteiger partial charge in [0.05, 0.1) is 17.1 Å². The Kier molecular flexibility index (Phi) is 2.95. The zero-order valence-corrected chi connectivity index (χ0v) is 11.2. The molecule has 0 bridgehead atoms. The van der Waals surface area contributed by atoms with Gasteiger partial charge in [0.2, 0.25) is 0 Å². The second-order valence-electron chi connectivity index (χ2n) is 4.55. The van der Waals surface area contributed by atoms with E-state index in [0.717, 1.165) is 11.0 Å². The number of nitrogens with zero attached hydrogens (tertiary/aromatic N) is 1. The number of halogens is 1. The number of hydrogen-bond donors (Lipinski definition) is 1. The summed E-state index contributed by atoms with van der Waals surface area (Å²) < 4.78 is 15.9.